The molecule has 0 saturated heterocycles. The molecule has 3 nitrogen and oxygen atoms in total. The molecule has 4 heteroatoms. The fourth-order valence-electron chi connectivity index (χ4n) is 1.14. The van der Waals surface area contributed by atoms with Crippen LogP contribution in [0.5, 0.6) is 0 Å². The lowest BCUT2D eigenvalue weighted by atomic mass is 10.1. The highest BCUT2D eigenvalue weighted by Gasteiger charge is 2.11. The summed E-state index contributed by atoms with van der Waals surface area (Å²) in [5, 5.41) is 16.3. The predicted molar refractivity (Wildman–Crippen MR) is 69.0 cm³/mol. The summed E-state index contributed by atoms with van der Waals surface area (Å²) in [7, 11) is 0. The maximum absolute atomic E-state index is 9.58. The highest BCUT2D eigenvalue weighted by Crippen LogP contribution is 2.00. The fourth-order valence-corrected chi connectivity index (χ4v) is 1.53. The number of unbranched alkanes of at least 4 members (excludes halogenated alkanes) is 1. The topological polar surface area (TPSA) is 44.3 Å². The summed E-state index contributed by atoms with van der Waals surface area (Å²) in [4.78, 5) is 0. The molecule has 0 spiro atoms. The van der Waals surface area contributed by atoms with Gasteiger partial charge in [0.05, 0.1) is 6.10 Å². The molecule has 0 radical (unpaired) electrons. The smallest absolute Gasteiger partial charge is 0.166 e. The molecule has 15 heavy (non-hydrogen) atoms. The van der Waals surface area contributed by atoms with E-state index in [1.54, 1.807) is 0 Å². The molecular formula is C11H24N2OS. The quantitative estimate of drug-likeness (QED) is 0.633. The summed E-state index contributed by atoms with van der Waals surface area (Å²) in [5.74, 6) is 0. The molecule has 3 N–H and O–H groups in total. The van der Waals surface area contributed by atoms with Gasteiger partial charge < -0.3 is 15.7 Å². The van der Waals surface area contributed by atoms with Gasteiger partial charge in [-0.1, -0.05) is 19.8 Å². The van der Waals surface area contributed by atoms with E-state index in [4.69, 9.17) is 12.2 Å². The second kappa shape index (κ2) is 7.01. The Morgan fingerprint density at radius 3 is 2.47 bits per heavy atom. The molecule has 0 fully saturated rings. The Kier molecular flexibility index (Phi) is 6.85. The van der Waals surface area contributed by atoms with E-state index in [0.717, 1.165) is 19.3 Å². The molecule has 90 valence electrons. The van der Waals surface area contributed by atoms with Crippen molar-refractivity contribution in [3.8, 4) is 0 Å². The standard InChI is InChI=1S/C11H24N2OS/c1-5-6-7-9(14)8-12-10(15)13-11(2,3)4/h9,14H,5-8H2,1-4H3,(H2,12,13,15). The molecule has 1 unspecified atom stereocenters. The average Bonchev–Trinajstić information content (AvgIpc) is 2.08. The van der Waals surface area contributed by atoms with E-state index in [1.165, 1.54) is 0 Å². The van der Waals surface area contributed by atoms with E-state index in [0.29, 0.717) is 11.7 Å². The average molecular weight is 232 g/mol. The summed E-state index contributed by atoms with van der Waals surface area (Å²) in [6.07, 6.45) is 2.70. The molecule has 0 aromatic heterocycles. The Balaban J connectivity index is 3.62. The lowest BCUT2D eigenvalue weighted by molar-refractivity contribution is 0.164. The summed E-state index contributed by atoms with van der Waals surface area (Å²) < 4.78 is 0. The molecule has 0 saturated carbocycles. The van der Waals surface area contributed by atoms with Crippen molar-refractivity contribution in [1.82, 2.24) is 10.6 Å². The van der Waals surface area contributed by atoms with Crippen molar-refractivity contribution in [2.75, 3.05) is 6.54 Å². The highest BCUT2D eigenvalue weighted by molar-refractivity contribution is 7.80. The first kappa shape index (κ1) is 14.6. The zero-order chi connectivity index (χ0) is 11.9. The third-order valence-corrected chi connectivity index (χ3v) is 2.12. The number of nitrogens with one attached hydrogen (secondary N) is 2. The molecule has 0 bridgehead atoms. The molecule has 0 aliphatic carbocycles. The van der Waals surface area contributed by atoms with Gasteiger partial charge in [-0.2, -0.15) is 0 Å². The van der Waals surface area contributed by atoms with Gasteiger partial charge in [0, 0.05) is 12.1 Å². The molecule has 0 amide bonds. The first-order valence-electron chi connectivity index (χ1n) is 5.59. The predicted octanol–water partition coefficient (Wildman–Crippen LogP) is 1.80. The van der Waals surface area contributed by atoms with Crippen molar-refractivity contribution in [2.24, 2.45) is 0 Å². The lowest BCUT2D eigenvalue weighted by Crippen LogP contribution is -2.47. The minimum Gasteiger partial charge on any atom is -0.391 e. The molecule has 1 atom stereocenters. The number of aliphatic hydroxyl groups is 1. The van der Waals surface area contributed by atoms with Gasteiger partial charge >= 0.3 is 0 Å². The van der Waals surface area contributed by atoms with Crippen LogP contribution in [0.15, 0.2) is 0 Å². The van der Waals surface area contributed by atoms with E-state index >= 15 is 0 Å². The summed E-state index contributed by atoms with van der Waals surface area (Å²) in [6.45, 7) is 8.80. The van der Waals surface area contributed by atoms with Crippen LogP contribution in [0.4, 0.5) is 0 Å². The van der Waals surface area contributed by atoms with Crippen molar-refractivity contribution < 1.29 is 5.11 Å². The largest absolute Gasteiger partial charge is 0.391 e. The number of rotatable bonds is 5. The van der Waals surface area contributed by atoms with Crippen LogP contribution in [0, 0.1) is 0 Å². The molecule has 0 aromatic rings. The van der Waals surface area contributed by atoms with Gasteiger partial charge in [-0.25, -0.2) is 0 Å². The lowest BCUT2D eigenvalue weighted by Gasteiger charge is -2.23. The molecule has 0 heterocycles. The maximum Gasteiger partial charge on any atom is 0.166 e. The zero-order valence-electron chi connectivity index (χ0n) is 10.3. The van der Waals surface area contributed by atoms with E-state index in [9.17, 15) is 5.11 Å². The highest BCUT2D eigenvalue weighted by atomic mass is 32.1. The molecule has 0 aromatic carbocycles. The summed E-state index contributed by atoms with van der Waals surface area (Å²) >= 11 is 5.10. The van der Waals surface area contributed by atoms with E-state index in [2.05, 4.69) is 38.3 Å². The van der Waals surface area contributed by atoms with Crippen LogP contribution in [0.1, 0.15) is 47.0 Å². The van der Waals surface area contributed by atoms with Gasteiger partial charge in [0.1, 0.15) is 0 Å². The first-order valence-corrected chi connectivity index (χ1v) is 6.00. The Labute approximate surface area is 98.6 Å². The van der Waals surface area contributed by atoms with Crippen molar-refractivity contribution in [3.05, 3.63) is 0 Å². The van der Waals surface area contributed by atoms with Crippen molar-refractivity contribution >= 4 is 17.3 Å². The third-order valence-electron chi connectivity index (χ3n) is 1.88. The monoisotopic (exact) mass is 232 g/mol. The number of hydrogen-bond donors (Lipinski definition) is 3. The van der Waals surface area contributed by atoms with Gasteiger partial charge in [-0.15, -0.1) is 0 Å². The van der Waals surface area contributed by atoms with Crippen LogP contribution in [0.3, 0.4) is 0 Å². The number of hydrogen-bond acceptors (Lipinski definition) is 2. The Morgan fingerprint density at radius 2 is 2.00 bits per heavy atom. The van der Waals surface area contributed by atoms with Crippen molar-refractivity contribution in [3.63, 3.8) is 0 Å². The first-order chi connectivity index (χ1) is 6.85. The van der Waals surface area contributed by atoms with Crippen molar-refractivity contribution in [2.45, 2.75) is 58.6 Å². The molecule has 0 aliphatic heterocycles. The van der Waals surface area contributed by atoms with Crippen LogP contribution in [0.2, 0.25) is 0 Å². The Bertz CT molecular complexity index is 190. The maximum atomic E-state index is 9.58. The molecule has 0 rings (SSSR count). The molecule has 0 aliphatic rings. The summed E-state index contributed by atoms with van der Waals surface area (Å²) in [6, 6.07) is 0. The van der Waals surface area contributed by atoms with Gasteiger partial charge in [-0.05, 0) is 39.4 Å². The Morgan fingerprint density at radius 1 is 1.40 bits per heavy atom. The second-order valence-corrected chi connectivity index (χ2v) is 5.29. The van der Waals surface area contributed by atoms with E-state index in [1.807, 2.05) is 0 Å². The van der Waals surface area contributed by atoms with Gasteiger partial charge in [0.25, 0.3) is 0 Å². The minimum absolute atomic E-state index is 0.0293. The third kappa shape index (κ3) is 9.94. The van der Waals surface area contributed by atoms with Crippen LogP contribution in [-0.2, 0) is 0 Å². The van der Waals surface area contributed by atoms with Crippen LogP contribution in [0.25, 0.3) is 0 Å². The van der Waals surface area contributed by atoms with E-state index in [-0.39, 0.29) is 11.6 Å². The van der Waals surface area contributed by atoms with Crippen LogP contribution in [-0.4, -0.2) is 28.4 Å². The fraction of sp³-hybridized carbons (Fsp3) is 0.909. The zero-order valence-corrected chi connectivity index (χ0v) is 11.1. The number of thiocarbonyl (C=S) groups is 1. The van der Waals surface area contributed by atoms with Crippen LogP contribution >= 0.6 is 12.2 Å². The number of aliphatic hydroxyl groups excluding tert-OH is 1. The normalized spacial score (nSPS) is 13.4. The Hall–Kier alpha value is -0.350. The minimum atomic E-state index is -0.301. The molecular weight excluding hydrogens is 208 g/mol. The van der Waals surface area contributed by atoms with Gasteiger partial charge in [0.2, 0.25) is 0 Å². The van der Waals surface area contributed by atoms with Gasteiger partial charge in [0.15, 0.2) is 5.11 Å². The SMILES string of the molecule is CCCCC(O)CNC(=S)NC(C)(C)C. The van der Waals surface area contributed by atoms with Gasteiger partial charge in [-0.3, -0.25) is 0 Å². The van der Waals surface area contributed by atoms with Crippen LogP contribution < -0.4 is 10.6 Å². The summed E-state index contributed by atoms with van der Waals surface area (Å²) in [5.41, 5.74) is -0.0293. The second-order valence-electron chi connectivity index (χ2n) is 4.88. The van der Waals surface area contributed by atoms with E-state index < -0.39 is 0 Å². The van der Waals surface area contributed by atoms with Crippen molar-refractivity contribution in [1.29, 1.82) is 0 Å².